The van der Waals surface area contributed by atoms with Crippen LogP contribution in [0.4, 0.5) is 0 Å². The molecule has 1 N–H and O–H groups in total. The van der Waals surface area contributed by atoms with Crippen molar-refractivity contribution < 1.29 is 9.52 Å². The first-order valence-corrected chi connectivity index (χ1v) is 7.92. The number of rotatable bonds is 2. The highest BCUT2D eigenvalue weighted by molar-refractivity contribution is 9.10. The second-order valence-corrected chi connectivity index (χ2v) is 7.73. The first-order valence-electron chi connectivity index (χ1n) is 7.13. The summed E-state index contributed by atoms with van der Waals surface area (Å²) in [5.74, 6) is 1.09. The van der Waals surface area contributed by atoms with Gasteiger partial charge in [-0.1, -0.05) is 20.8 Å². The Hall–Kier alpha value is -0.790. The zero-order valence-corrected chi connectivity index (χ0v) is 13.9. The molecule has 1 aromatic heterocycles. The second-order valence-electron chi connectivity index (χ2n) is 6.95. The average Bonchev–Trinajstić information content (AvgIpc) is 2.83. The van der Waals surface area contributed by atoms with Gasteiger partial charge in [0.15, 0.2) is 4.67 Å². The highest BCUT2D eigenvalue weighted by Gasteiger charge is 2.45. The summed E-state index contributed by atoms with van der Waals surface area (Å²) in [6.45, 7) is 6.74. The van der Waals surface area contributed by atoms with E-state index in [1.165, 1.54) is 0 Å². The lowest BCUT2D eigenvalue weighted by atomic mass is 9.62. The molecule has 2 rings (SSSR count). The molecule has 0 amide bonds. The van der Waals surface area contributed by atoms with Gasteiger partial charge >= 0.3 is 0 Å². The molecule has 0 bridgehead atoms. The van der Waals surface area contributed by atoms with Crippen molar-refractivity contribution >= 4 is 15.9 Å². The van der Waals surface area contributed by atoms with E-state index in [9.17, 15) is 10.4 Å². The number of halogens is 1. The number of aliphatic hydroxyl groups excluding tert-OH is 1. The van der Waals surface area contributed by atoms with E-state index >= 15 is 0 Å². The van der Waals surface area contributed by atoms with E-state index in [1.54, 1.807) is 12.1 Å². The number of nitriles is 1. The molecule has 0 aliphatic heterocycles. The maximum Gasteiger partial charge on any atom is 0.169 e. The van der Waals surface area contributed by atoms with Crippen LogP contribution in [0.15, 0.2) is 21.2 Å². The summed E-state index contributed by atoms with van der Waals surface area (Å²) in [5, 5.41) is 20.2. The third-order valence-electron chi connectivity index (χ3n) is 4.71. The van der Waals surface area contributed by atoms with Crippen LogP contribution >= 0.6 is 15.9 Å². The van der Waals surface area contributed by atoms with E-state index in [4.69, 9.17) is 4.42 Å². The van der Waals surface area contributed by atoms with Crippen LogP contribution in [0.1, 0.15) is 58.3 Å². The fraction of sp³-hybridized carbons (Fsp3) is 0.688. The molecule has 1 unspecified atom stereocenters. The molecule has 1 aliphatic rings. The van der Waals surface area contributed by atoms with Gasteiger partial charge in [-0.15, -0.1) is 0 Å². The van der Waals surface area contributed by atoms with Gasteiger partial charge in [0.25, 0.3) is 0 Å². The number of nitrogens with zero attached hydrogens (tertiary/aromatic N) is 1. The van der Waals surface area contributed by atoms with Gasteiger partial charge < -0.3 is 9.52 Å². The molecule has 1 aromatic rings. The minimum absolute atomic E-state index is 0.264. The van der Waals surface area contributed by atoms with Crippen LogP contribution in [-0.2, 0) is 0 Å². The van der Waals surface area contributed by atoms with Gasteiger partial charge in [0.1, 0.15) is 11.9 Å². The Bertz CT molecular complexity index is 501. The van der Waals surface area contributed by atoms with Gasteiger partial charge in [0.2, 0.25) is 0 Å². The van der Waals surface area contributed by atoms with Gasteiger partial charge in [0.05, 0.1) is 11.5 Å². The molecule has 20 heavy (non-hydrogen) atoms. The lowest BCUT2D eigenvalue weighted by Crippen LogP contribution is -2.35. The number of hydrogen-bond acceptors (Lipinski definition) is 3. The molecule has 1 saturated carbocycles. The van der Waals surface area contributed by atoms with Crippen molar-refractivity contribution in [3.8, 4) is 6.07 Å². The van der Waals surface area contributed by atoms with Crippen molar-refractivity contribution in [2.24, 2.45) is 16.7 Å². The first kappa shape index (κ1) is 15.6. The van der Waals surface area contributed by atoms with Gasteiger partial charge in [0, 0.05) is 0 Å². The smallest absolute Gasteiger partial charge is 0.169 e. The molecule has 110 valence electrons. The van der Waals surface area contributed by atoms with Crippen molar-refractivity contribution in [3.05, 3.63) is 22.6 Å². The standard InChI is InChI=1S/C16H22BrNO2/c1-15(2,3)11-6-8-16(10-18,9-7-11)14(19)12-4-5-13(17)20-12/h4-5,11,14,19H,6-9H2,1-3H3. The van der Waals surface area contributed by atoms with Crippen molar-refractivity contribution in [2.45, 2.75) is 52.6 Å². The Morgan fingerprint density at radius 1 is 1.40 bits per heavy atom. The summed E-state index contributed by atoms with van der Waals surface area (Å²) in [6.07, 6.45) is 2.57. The lowest BCUT2D eigenvalue weighted by Gasteiger charge is -2.42. The minimum atomic E-state index is -0.847. The zero-order chi connectivity index (χ0) is 15.0. The van der Waals surface area contributed by atoms with Gasteiger partial charge in [-0.3, -0.25) is 0 Å². The monoisotopic (exact) mass is 339 g/mol. The fourth-order valence-corrected chi connectivity index (χ4v) is 3.51. The van der Waals surface area contributed by atoms with E-state index in [-0.39, 0.29) is 5.41 Å². The highest BCUT2D eigenvalue weighted by atomic mass is 79.9. The number of hydrogen-bond donors (Lipinski definition) is 1. The second kappa shape index (κ2) is 5.54. The summed E-state index contributed by atoms with van der Waals surface area (Å²) in [7, 11) is 0. The summed E-state index contributed by atoms with van der Waals surface area (Å²) in [5.41, 5.74) is -0.445. The molecule has 0 spiro atoms. The normalized spacial score (nSPS) is 28.9. The molecule has 1 fully saturated rings. The molecule has 0 aromatic carbocycles. The third kappa shape index (κ3) is 2.94. The first-order chi connectivity index (χ1) is 9.28. The molecule has 0 radical (unpaired) electrons. The third-order valence-corrected chi connectivity index (χ3v) is 5.14. The topological polar surface area (TPSA) is 57.2 Å². The lowest BCUT2D eigenvalue weighted by molar-refractivity contribution is -0.00418. The predicted molar refractivity (Wildman–Crippen MR) is 80.8 cm³/mol. The minimum Gasteiger partial charge on any atom is -0.452 e. The van der Waals surface area contributed by atoms with Crippen LogP contribution < -0.4 is 0 Å². The van der Waals surface area contributed by atoms with E-state index in [2.05, 4.69) is 42.8 Å². The van der Waals surface area contributed by atoms with Crippen LogP contribution in [-0.4, -0.2) is 5.11 Å². The average molecular weight is 340 g/mol. The fourth-order valence-electron chi connectivity index (χ4n) is 3.19. The zero-order valence-electron chi connectivity index (χ0n) is 12.3. The highest BCUT2D eigenvalue weighted by Crippen LogP contribution is 2.50. The SMILES string of the molecule is CC(C)(C)C1CCC(C#N)(C(O)c2ccc(Br)o2)CC1. The molecule has 1 aliphatic carbocycles. The Kier molecular flexibility index (Phi) is 4.32. The molecular formula is C16H22BrNO2. The summed E-state index contributed by atoms with van der Waals surface area (Å²) in [6, 6.07) is 5.87. The van der Waals surface area contributed by atoms with Crippen LogP contribution in [0.2, 0.25) is 0 Å². The summed E-state index contributed by atoms with van der Waals surface area (Å²) < 4.78 is 6.02. The van der Waals surface area contributed by atoms with E-state index in [0.29, 0.717) is 16.3 Å². The van der Waals surface area contributed by atoms with Crippen molar-refractivity contribution in [1.29, 1.82) is 5.26 Å². The van der Waals surface area contributed by atoms with Crippen LogP contribution in [0.3, 0.4) is 0 Å². The van der Waals surface area contributed by atoms with Gasteiger partial charge in [-0.05, 0) is 65.1 Å². The predicted octanol–water partition coefficient (Wildman–Crippen LogP) is 4.82. The maximum atomic E-state index is 10.6. The maximum absolute atomic E-state index is 10.6. The Labute approximate surface area is 129 Å². The summed E-state index contributed by atoms with van der Waals surface area (Å²) >= 11 is 3.24. The largest absolute Gasteiger partial charge is 0.452 e. The van der Waals surface area contributed by atoms with E-state index < -0.39 is 11.5 Å². The summed E-state index contributed by atoms with van der Waals surface area (Å²) in [4.78, 5) is 0. The van der Waals surface area contributed by atoms with Crippen molar-refractivity contribution in [1.82, 2.24) is 0 Å². The molecule has 0 saturated heterocycles. The van der Waals surface area contributed by atoms with E-state index in [1.807, 2.05) is 0 Å². The van der Waals surface area contributed by atoms with Crippen LogP contribution in [0.5, 0.6) is 0 Å². The molecule has 1 heterocycles. The van der Waals surface area contributed by atoms with Crippen LogP contribution in [0, 0.1) is 28.1 Å². The molecule has 4 heteroatoms. The molecule has 3 nitrogen and oxygen atoms in total. The Morgan fingerprint density at radius 3 is 2.40 bits per heavy atom. The van der Waals surface area contributed by atoms with E-state index in [0.717, 1.165) is 25.7 Å². The van der Waals surface area contributed by atoms with Crippen LogP contribution in [0.25, 0.3) is 0 Å². The number of furan rings is 1. The molecular weight excluding hydrogens is 318 g/mol. The Balaban J connectivity index is 2.15. The quantitative estimate of drug-likeness (QED) is 0.839. The van der Waals surface area contributed by atoms with Gasteiger partial charge in [-0.25, -0.2) is 0 Å². The number of aliphatic hydroxyl groups is 1. The molecule has 1 atom stereocenters. The van der Waals surface area contributed by atoms with Gasteiger partial charge in [-0.2, -0.15) is 5.26 Å². The van der Waals surface area contributed by atoms with Crippen molar-refractivity contribution in [3.63, 3.8) is 0 Å². The Morgan fingerprint density at radius 2 is 2.00 bits per heavy atom. The van der Waals surface area contributed by atoms with Crippen molar-refractivity contribution in [2.75, 3.05) is 0 Å².